The van der Waals surface area contributed by atoms with Gasteiger partial charge in [0.25, 0.3) is 5.91 Å². The number of benzene rings is 2. The maximum absolute atomic E-state index is 12.0. The van der Waals surface area contributed by atoms with E-state index in [-0.39, 0.29) is 24.7 Å². The first-order valence-electron chi connectivity index (χ1n) is 8.77. The van der Waals surface area contributed by atoms with Crippen LogP contribution in [0.1, 0.15) is 41.7 Å². The van der Waals surface area contributed by atoms with Crippen molar-refractivity contribution in [2.45, 2.75) is 25.8 Å². The van der Waals surface area contributed by atoms with Gasteiger partial charge in [0.1, 0.15) is 5.75 Å². The third kappa shape index (κ3) is 6.39. The van der Waals surface area contributed by atoms with Gasteiger partial charge < -0.3 is 14.8 Å². The van der Waals surface area contributed by atoms with E-state index in [0.717, 1.165) is 5.56 Å². The molecule has 1 unspecified atom stereocenters. The summed E-state index contributed by atoms with van der Waals surface area (Å²) in [6.45, 7) is 1.40. The number of carbonyl (C=O) groups excluding carboxylic acids is 3. The summed E-state index contributed by atoms with van der Waals surface area (Å²) >= 11 is 5.78. The number of methoxy groups -OCH3 is 1. The van der Waals surface area contributed by atoms with E-state index in [1.807, 2.05) is 25.1 Å². The van der Waals surface area contributed by atoms with Gasteiger partial charge in [-0.25, -0.2) is 0 Å². The Hall–Kier alpha value is -2.86. The van der Waals surface area contributed by atoms with Crippen LogP contribution in [0.4, 0.5) is 0 Å². The normalized spacial score (nSPS) is 11.4. The maximum Gasteiger partial charge on any atom is 0.306 e. The standard InChI is InChI=1S/C21H22ClNO5/c1-14(17-5-3-4-6-19(17)27-2)23-20(25)13-28-21(26)12-11-18(24)15-7-9-16(22)10-8-15/h3-10,14H,11-13H2,1-2H3,(H,23,25). The summed E-state index contributed by atoms with van der Waals surface area (Å²) in [5, 5.41) is 3.28. The summed E-state index contributed by atoms with van der Waals surface area (Å²) in [5.74, 6) is -0.575. The highest BCUT2D eigenvalue weighted by molar-refractivity contribution is 6.30. The lowest BCUT2D eigenvalue weighted by molar-refractivity contribution is -0.148. The highest BCUT2D eigenvalue weighted by atomic mass is 35.5. The summed E-state index contributed by atoms with van der Waals surface area (Å²) in [6, 6.07) is 13.4. The fourth-order valence-corrected chi connectivity index (χ4v) is 2.72. The van der Waals surface area contributed by atoms with Gasteiger partial charge in [-0.15, -0.1) is 0 Å². The number of hydrogen-bond donors (Lipinski definition) is 1. The molecule has 0 aliphatic carbocycles. The van der Waals surface area contributed by atoms with E-state index in [2.05, 4.69) is 5.32 Å². The van der Waals surface area contributed by atoms with Crippen LogP contribution in [0.15, 0.2) is 48.5 Å². The fraction of sp³-hybridized carbons (Fsp3) is 0.286. The molecule has 0 aliphatic rings. The molecule has 0 aliphatic heterocycles. The summed E-state index contributed by atoms with van der Waals surface area (Å²) in [7, 11) is 1.56. The number of esters is 1. The van der Waals surface area contributed by atoms with E-state index in [1.165, 1.54) is 0 Å². The van der Waals surface area contributed by atoms with Crippen molar-refractivity contribution in [1.82, 2.24) is 5.32 Å². The number of ether oxygens (including phenoxy) is 2. The van der Waals surface area contributed by atoms with Crippen molar-refractivity contribution in [3.8, 4) is 5.75 Å². The number of para-hydroxylation sites is 1. The van der Waals surface area contributed by atoms with Gasteiger partial charge in [-0.05, 0) is 37.3 Å². The number of amides is 1. The lowest BCUT2D eigenvalue weighted by atomic mass is 10.1. The van der Waals surface area contributed by atoms with Gasteiger partial charge in [-0.3, -0.25) is 14.4 Å². The number of ketones is 1. The molecule has 0 heterocycles. The number of hydrogen-bond acceptors (Lipinski definition) is 5. The minimum Gasteiger partial charge on any atom is -0.496 e. The SMILES string of the molecule is COc1ccccc1C(C)NC(=O)COC(=O)CCC(=O)c1ccc(Cl)cc1. The van der Waals surface area contributed by atoms with Crippen molar-refractivity contribution in [2.75, 3.05) is 13.7 Å². The molecule has 1 amide bonds. The van der Waals surface area contributed by atoms with Gasteiger partial charge >= 0.3 is 5.97 Å². The van der Waals surface area contributed by atoms with E-state index < -0.39 is 18.5 Å². The topological polar surface area (TPSA) is 81.7 Å². The first-order valence-corrected chi connectivity index (χ1v) is 9.15. The minimum atomic E-state index is -0.609. The zero-order chi connectivity index (χ0) is 20.5. The van der Waals surface area contributed by atoms with E-state index in [1.54, 1.807) is 37.4 Å². The molecular weight excluding hydrogens is 382 g/mol. The smallest absolute Gasteiger partial charge is 0.306 e. The van der Waals surface area contributed by atoms with E-state index in [0.29, 0.717) is 16.3 Å². The van der Waals surface area contributed by atoms with Crippen molar-refractivity contribution >= 4 is 29.3 Å². The van der Waals surface area contributed by atoms with Crippen LogP contribution < -0.4 is 10.1 Å². The van der Waals surface area contributed by atoms with Crippen molar-refractivity contribution in [3.63, 3.8) is 0 Å². The Labute approximate surface area is 168 Å². The Morgan fingerprint density at radius 3 is 2.39 bits per heavy atom. The largest absolute Gasteiger partial charge is 0.496 e. The van der Waals surface area contributed by atoms with Gasteiger partial charge in [0, 0.05) is 22.6 Å². The van der Waals surface area contributed by atoms with Crippen LogP contribution in [0.25, 0.3) is 0 Å². The van der Waals surface area contributed by atoms with Crippen LogP contribution in [-0.2, 0) is 14.3 Å². The Bertz CT molecular complexity index is 835. The third-order valence-corrected chi connectivity index (χ3v) is 4.32. The van der Waals surface area contributed by atoms with Gasteiger partial charge in [0.15, 0.2) is 12.4 Å². The molecule has 2 aromatic carbocycles. The molecule has 28 heavy (non-hydrogen) atoms. The Kier molecular flexibility index (Phi) is 8.02. The molecule has 0 radical (unpaired) electrons. The van der Waals surface area contributed by atoms with Crippen LogP contribution in [0, 0.1) is 0 Å². The first kappa shape index (κ1) is 21.4. The molecule has 0 saturated carbocycles. The first-order chi connectivity index (χ1) is 13.4. The van der Waals surface area contributed by atoms with Crippen molar-refractivity contribution in [1.29, 1.82) is 0 Å². The van der Waals surface area contributed by atoms with Crippen LogP contribution in [0.5, 0.6) is 5.75 Å². The monoisotopic (exact) mass is 403 g/mol. The van der Waals surface area contributed by atoms with Crippen molar-refractivity contribution in [3.05, 3.63) is 64.7 Å². The summed E-state index contributed by atoms with van der Waals surface area (Å²) in [4.78, 5) is 35.8. The zero-order valence-electron chi connectivity index (χ0n) is 15.7. The van der Waals surface area contributed by atoms with Crippen LogP contribution in [0.2, 0.25) is 5.02 Å². The highest BCUT2D eigenvalue weighted by Gasteiger charge is 2.16. The second-order valence-corrected chi connectivity index (χ2v) is 6.56. The van der Waals surface area contributed by atoms with Crippen LogP contribution in [0.3, 0.4) is 0 Å². The number of Topliss-reactive ketones (excluding diaryl/α,β-unsaturated/α-hetero) is 1. The predicted molar refractivity (Wildman–Crippen MR) is 106 cm³/mol. The molecule has 0 aromatic heterocycles. The Balaban J connectivity index is 1.75. The number of carbonyl (C=O) groups is 3. The lowest BCUT2D eigenvalue weighted by Gasteiger charge is -2.17. The molecule has 1 N–H and O–H groups in total. The molecule has 0 bridgehead atoms. The summed E-state index contributed by atoms with van der Waals surface area (Å²) < 4.78 is 10.2. The molecule has 2 rings (SSSR count). The number of halogens is 1. The minimum absolute atomic E-state index is 0.000296. The third-order valence-electron chi connectivity index (χ3n) is 4.07. The molecule has 2 aromatic rings. The quantitative estimate of drug-likeness (QED) is 0.509. The molecule has 0 saturated heterocycles. The van der Waals surface area contributed by atoms with Crippen LogP contribution in [-0.4, -0.2) is 31.4 Å². The van der Waals surface area contributed by atoms with Crippen LogP contribution >= 0.6 is 11.6 Å². The Morgan fingerprint density at radius 2 is 1.71 bits per heavy atom. The Morgan fingerprint density at radius 1 is 1.04 bits per heavy atom. The second kappa shape index (κ2) is 10.5. The average Bonchev–Trinajstić information content (AvgIpc) is 2.70. The molecule has 148 valence electrons. The van der Waals surface area contributed by atoms with E-state index in [9.17, 15) is 14.4 Å². The maximum atomic E-state index is 12.0. The second-order valence-electron chi connectivity index (χ2n) is 6.12. The van der Waals surface area contributed by atoms with Crippen molar-refractivity contribution in [2.24, 2.45) is 0 Å². The molecule has 6 nitrogen and oxygen atoms in total. The van der Waals surface area contributed by atoms with Gasteiger partial charge in [-0.2, -0.15) is 0 Å². The summed E-state index contributed by atoms with van der Waals surface area (Å²) in [6.07, 6.45) is -0.101. The molecule has 7 heteroatoms. The fourth-order valence-electron chi connectivity index (χ4n) is 2.60. The van der Waals surface area contributed by atoms with Gasteiger partial charge in [0.2, 0.25) is 0 Å². The van der Waals surface area contributed by atoms with Gasteiger partial charge in [-0.1, -0.05) is 29.8 Å². The molecule has 0 spiro atoms. The molecular formula is C21H22ClNO5. The zero-order valence-corrected chi connectivity index (χ0v) is 16.5. The lowest BCUT2D eigenvalue weighted by Crippen LogP contribution is -2.31. The highest BCUT2D eigenvalue weighted by Crippen LogP contribution is 2.24. The number of nitrogens with one attached hydrogen (secondary N) is 1. The van der Waals surface area contributed by atoms with E-state index >= 15 is 0 Å². The number of rotatable bonds is 9. The average molecular weight is 404 g/mol. The predicted octanol–water partition coefficient (Wildman–Crippen LogP) is 3.73. The molecule has 1 atom stereocenters. The van der Waals surface area contributed by atoms with Crippen molar-refractivity contribution < 1.29 is 23.9 Å². The molecule has 0 fully saturated rings. The summed E-state index contributed by atoms with van der Waals surface area (Å²) in [5.41, 5.74) is 1.29. The van der Waals surface area contributed by atoms with Gasteiger partial charge in [0.05, 0.1) is 19.6 Å². The van der Waals surface area contributed by atoms with E-state index in [4.69, 9.17) is 21.1 Å².